The molecule has 2 rings (SSSR count). The molecule has 0 aromatic heterocycles. The third-order valence-corrected chi connectivity index (χ3v) is 3.27. The van der Waals surface area contributed by atoms with Gasteiger partial charge in [-0.3, -0.25) is 0 Å². The van der Waals surface area contributed by atoms with Gasteiger partial charge < -0.3 is 5.32 Å². The third kappa shape index (κ3) is 3.16. The van der Waals surface area contributed by atoms with E-state index < -0.39 is 0 Å². The van der Waals surface area contributed by atoms with Crippen LogP contribution in [0, 0.1) is 24.1 Å². The van der Waals surface area contributed by atoms with Crippen LogP contribution in [-0.4, -0.2) is 6.04 Å². The van der Waals surface area contributed by atoms with Gasteiger partial charge in [0, 0.05) is 6.04 Å². The van der Waals surface area contributed by atoms with Gasteiger partial charge in [0.05, 0.1) is 11.3 Å². The molecule has 0 bridgehead atoms. The van der Waals surface area contributed by atoms with Crippen LogP contribution in [0.4, 0.5) is 10.1 Å². The molecule has 0 spiro atoms. The Labute approximate surface area is 118 Å². The predicted molar refractivity (Wildman–Crippen MR) is 79.1 cm³/mol. The molecule has 2 aromatic carbocycles. The Morgan fingerprint density at radius 2 is 1.95 bits per heavy atom. The summed E-state index contributed by atoms with van der Waals surface area (Å²) >= 11 is 0. The fourth-order valence-corrected chi connectivity index (χ4v) is 2.25. The Morgan fingerprint density at radius 1 is 1.20 bits per heavy atom. The van der Waals surface area contributed by atoms with Crippen LogP contribution in [0.3, 0.4) is 0 Å². The highest BCUT2D eigenvalue weighted by Crippen LogP contribution is 2.20. The highest BCUT2D eigenvalue weighted by atomic mass is 19.1. The van der Waals surface area contributed by atoms with E-state index in [4.69, 9.17) is 0 Å². The lowest BCUT2D eigenvalue weighted by atomic mass is 10.0. The molecule has 0 amide bonds. The molecule has 1 atom stereocenters. The summed E-state index contributed by atoms with van der Waals surface area (Å²) in [6, 6.07) is 14.7. The molecule has 20 heavy (non-hydrogen) atoms. The number of aryl methyl sites for hydroxylation is 1. The number of hydrogen-bond acceptors (Lipinski definition) is 2. The van der Waals surface area contributed by atoms with Crippen LogP contribution in [0.5, 0.6) is 0 Å². The van der Waals surface area contributed by atoms with Crippen LogP contribution >= 0.6 is 0 Å². The van der Waals surface area contributed by atoms with Gasteiger partial charge in [-0.05, 0) is 43.5 Å². The molecule has 0 saturated carbocycles. The summed E-state index contributed by atoms with van der Waals surface area (Å²) in [5.41, 5.74) is 3.07. The van der Waals surface area contributed by atoms with E-state index in [-0.39, 0.29) is 11.9 Å². The average molecular weight is 268 g/mol. The van der Waals surface area contributed by atoms with Crippen LogP contribution in [0.15, 0.2) is 42.5 Å². The van der Waals surface area contributed by atoms with E-state index in [1.165, 1.54) is 6.07 Å². The molecule has 2 aromatic rings. The molecule has 0 fully saturated rings. The fraction of sp³-hybridized carbons (Fsp3) is 0.235. The number of benzene rings is 2. The van der Waals surface area contributed by atoms with Gasteiger partial charge in [0.15, 0.2) is 0 Å². The maximum Gasteiger partial charge on any atom is 0.126 e. The highest BCUT2D eigenvalue weighted by Gasteiger charge is 2.10. The first-order chi connectivity index (χ1) is 9.61. The topological polar surface area (TPSA) is 35.8 Å². The molecule has 2 nitrogen and oxygen atoms in total. The van der Waals surface area contributed by atoms with Crippen molar-refractivity contribution in [2.45, 2.75) is 26.3 Å². The monoisotopic (exact) mass is 268 g/mol. The van der Waals surface area contributed by atoms with E-state index in [9.17, 15) is 9.65 Å². The first kappa shape index (κ1) is 14.1. The SMILES string of the molecule is Cc1cccc(NC(C)Cc2ccccc2F)c1C#N. The van der Waals surface area contributed by atoms with Crippen molar-refractivity contribution in [1.82, 2.24) is 0 Å². The van der Waals surface area contributed by atoms with Gasteiger partial charge in [0.1, 0.15) is 11.9 Å². The quantitative estimate of drug-likeness (QED) is 0.908. The van der Waals surface area contributed by atoms with Crippen molar-refractivity contribution in [2.75, 3.05) is 5.32 Å². The standard InChI is InChI=1S/C17H17FN2/c1-12-6-5-9-17(15(12)11-19)20-13(2)10-14-7-3-4-8-16(14)18/h3-9,13,20H,10H2,1-2H3. The van der Waals surface area contributed by atoms with Crippen molar-refractivity contribution >= 4 is 5.69 Å². The molecule has 0 aliphatic rings. The number of rotatable bonds is 4. The molecule has 1 unspecified atom stereocenters. The number of nitrogens with one attached hydrogen (secondary N) is 1. The second-order valence-corrected chi connectivity index (χ2v) is 4.95. The van der Waals surface area contributed by atoms with Crippen LogP contribution in [0.2, 0.25) is 0 Å². The second-order valence-electron chi connectivity index (χ2n) is 4.95. The Kier molecular flexibility index (Phi) is 4.37. The normalized spacial score (nSPS) is 11.7. The molecule has 0 aliphatic heterocycles. The van der Waals surface area contributed by atoms with Crippen molar-refractivity contribution < 1.29 is 4.39 Å². The summed E-state index contributed by atoms with van der Waals surface area (Å²) in [6.45, 7) is 3.89. The number of halogens is 1. The zero-order valence-corrected chi connectivity index (χ0v) is 11.7. The van der Waals surface area contributed by atoms with Crippen molar-refractivity contribution in [1.29, 1.82) is 5.26 Å². The Hall–Kier alpha value is -2.34. The number of hydrogen-bond donors (Lipinski definition) is 1. The largest absolute Gasteiger partial charge is 0.381 e. The van der Waals surface area contributed by atoms with Crippen molar-refractivity contribution in [2.24, 2.45) is 0 Å². The second kappa shape index (κ2) is 6.21. The number of anilines is 1. The van der Waals surface area contributed by atoms with Gasteiger partial charge in [-0.2, -0.15) is 5.26 Å². The summed E-state index contributed by atoms with van der Waals surface area (Å²) in [6.07, 6.45) is 0.575. The maximum absolute atomic E-state index is 13.6. The molecular weight excluding hydrogens is 251 g/mol. The molecule has 0 saturated heterocycles. The summed E-state index contributed by atoms with van der Waals surface area (Å²) < 4.78 is 13.6. The van der Waals surface area contributed by atoms with E-state index in [0.29, 0.717) is 17.5 Å². The van der Waals surface area contributed by atoms with Crippen molar-refractivity contribution in [3.63, 3.8) is 0 Å². The van der Waals surface area contributed by atoms with Crippen LogP contribution in [0.1, 0.15) is 23.6 Å². The lowest BCUT2D eigenvalue weighted by Gasteiger charge is -2.17. The van der Waals surface area contributed by atoms with Crippen molar-refractivity contribution in [3.05, 3.63) is 65.0 Å². The minimum atomic E-state index is -0.189. The zero-order chi connectivity index (χ0) is 14.5. The Bertz CT molecular complexity index is 644. The van der Waals surface area contributed by atoms with E-state index in [1.54, 1.807) is 12.1 Å². The first-order valence-corrected chi connectivity index (χ1v) is 6.61. The molecule has 0 radical (unpaired) electrons. The highest BCUT2D eigenvalue weighted by molar-refractivity contribution is 5.61. The van der Waals surface area contributed by atoms with Crippen LogP contribution in [-0.2, 0) is 6.42 Å². The zero-order valence-electron chi connectivity index (χ0n) is 11.7. The third-order valence-electron chi connectivity index (χ3n) is 3.27. The lowest BCUT2D eigenvalue weighted by molar-refractivity contribution is 0.601. The molecule has 1 N–H and O–H groups in total. The maximum atomic E-state index is 13.6. The molecular formula is C17H17FN2. The van der Waals surface area contributed by atoms with Crippen molar-refractivity contribution in [3.8, 4) is 6.07 Å². The van der Waals surface area contributed by atoms with E-state index in [0.717, 1.165) is 11.3 Å². The summed E-state index contributed by atoms with van der Waals surface area (Å²) in [5.74, 6) is -0.189. The molecule has 0 heterocycles. The van der Waals surface area contributed by atoms with Gasteiger partial charge in [0.2, 0.25) is 0 Å². The lowest BCUT2D eigenvalue weighted by Crippen LogP contribution is -2.19. The fourth-order valence-electron chi connectivity index (χ4n) is 2.25. The molecule has 102 valence electrons. The summed E-state index contributed by atoms with van der Waals surface area (Å²) in [7, 11) is 0. The Morgan fingerprint density at radius 3 is 2.65 bits per heavy atom. The van der Waals surface area contributed by atoms with Gasteiger partial charge in [0.25, 0.3) is 0 Å². The minimum absolute atomic E-state index is 0.0424. The van der Waals surface area contributed by atoms with Gasteiger partial charge in [-0.15, -0.1) is 0 Å². The number of nitriles is 1. The first-order valence-electron chi connectivity index (χ1n) is 6.61. The molecule has 0 aliphatic carbocycles. The average Bonchev–Trinajstić information content (AvgIpc) is 2.42. The predicted octanol–water partition coefficient (Wildman–Crippen LogP) is 4.05. The van der Waals surface area contributed by atoms with Gasteiger partial charge in [-0.25, -0.2) is 4.39 Å². The molecule has 3 heteroatoms. The van der Waals surface area contributed by atoms with Crippen LogP contribution in [0.25, 0.3) is 0 Å². The van der Waals surface area contributed by atoms with E-state index in [1.807, 2.05) is 38.1 Å². The van der Waals surface area contributed by atoms with E-state index >= 15 is 0 Å². The van der Waals surface area contributed by atoms with Crippen LogP contribution < -0.4 is 5.32 Å². The Balaban J connectivity index is 2.13. The van der Waals surface area contributed by atoms with E-state index in [2.05, 4.69) is 11.4 Å². The van der Waals surface area contributed by atoms with Gasteiger partial charge in [-0.1, -0.05) is 30.3 Å². The smallest absolute Gasteiger partial charge is 0.126 e. The van der Waals surface area contributed by atoms with Gasteiger partial charge >= 0.3 is 0 Å². The summed E-state index contributed by atoms with van der Waals surface area (Å²) in [4.78, 5) is 0. The summed E-state index contributed by atoms with van der Waals surface area (Å²) in [5, 5.41) is 12.5. The minimum Gasteiger partial charge on any atom is -0.381 e. The number of nitrogens with zero attached hydrogens (tertiary/aromatic N) is 1.